The summed E-state index contributed by atoms with van der Waals surface area (Å²) in [5.74, 6) is 0.606. The molecule has 0 N–H and O–H groups in total. The SMILES string of the molecule is COc1ccc([C@@H](C)N(Cc2ccccc2)[C@@H](CC(=O)OC(C)(C)C)c2ccccc2Br)cc1. The van der Waals surface area contributed by atoms with Crippen LogP contribution in [0.15, 0.2) is 83.3 Å². The lowest BCUT2D eigenvalue weighted by atomic mass is 9.96. The molecule has 34 heavy (non-hydrogen) atoms. The first kappa shape index (κ1) is 26.0. The van der Waals surface area contributed by atoms with E-state index < -0.39 is 5.60 Å². The number of methoxy groups -OCH3 is 1. The zero-order chi connectivity index (χ0) is 24.7. The van der Waals surface area contributed by atoms with Gasteiger partial charge in [-0.3, -0.25) is 9.69 Å². The summed E-state index contributed by atoms with van der Waals surface area (Å²) < 4.78 is 12.1. The van der Waals surface area contributed by atoms with E-state index in [1.165, 1.54) is 5.56 Å². The van der Waals surface area contributed by atoms with Crippen LogP contribution in [0.1, 0.15) is 62.9 Å². The van der Waals surface area contributed by atoms with Crippen molar-refractivity contribution < 1.29 is 14.3 Å². The van der Waals surface area contributed by atoms with Crippen molar-refractivity contribution in [2.24, 2.45) is 0 Å². The minimum absolute atomic E-state index is 0.0330. The van der Waals surface area contributed by atoms with Gasteiger partial charge in [-0.1, -0.05) is 76.6 Å². The molecule has 0 aliphatic heterocycles. The van der Waals surface area contributed by atoms with Gasteiger partial charge < -0.3 is 9.47 Å². The quantitative estimate of drug-likeness (QED) is 0.272. The van der Waals surface area contributed by atoms with Crippen molar-refractivity contribution in [2.75, 3.05) is 7.11 Å². The molecule has 0 aromatic heterocycles. The number of rotatable bonds is 9. The maximum Gasteiger partial charge on any atom is 0.308 e. The summed E-state index contributed by atoms with van der Waals surface area (Å²) in [5.41, 5.74) is 2.85. The van der Waals surface area contributed by atoms with Crippen molar-refractivity contribution in [2.45, 2.75) is 58.3 Å². The smallest absolute Gasteiger partial charge is 0.308 e. The first-order valence-corrected chi connectivity index (χ1v) is 12.4. The highest BCUT2D eigenvalue weighted by atomic mass is 79.9. The number of ether oxygens (including phenoxy) is 2. The highest BCUT2D eigenvalue weighted by Crippen LogP contribution is 2.38. The molecule has 0 aliphatic rings. The highest BCUT2D eigenvalue weighted by molar-refractivity contribution is 9.10. The Kier molecular flexibility index (Phi) is 8.92. The Hall–Kier alpha value is -2.63. The van der Waals surface area contributed by atoms with Gasteiger partial charge >= 0.3 is 5.97 Å². The summed E-state index contributed by atoms with van der Waals surface area (Å²) >= 11 is 3.73. The molecule has 0 saturated carbocycles. The van der Waals surface area contributed by atoms with Crippen LogP contribution < -0.4 is 4.74 Å². The van der Waals surface area contributed by atoms with Gasteiger partial charge in [0.25, 0.3) is 0 Å². The van der Waals surface area contributed by atoms with E-state index in [9.17, 15) is 4.79 Å². The average molecular weight is 524 g/mol. The van der Waals surface area contributed by atoms with Crippen LogP contribution in [0.25, 0.3) is 0 Å². The summed E-state index contributed by atoms with van der Waals surface area (Å²) in [4.78, 5) is 15.4. The molecule has 180 valence electrons. The minimum Gasteiger partial charge on any atom is -0.497 e. The lowest BCUT2D eigenvalue weighted by Crippen LogP contribution is -2.34. The van der Waals surface area contributed by atoms with Gasteiger partial charge in [-0.25, -0.2) is 0 Å². The monoisotopic (exact) mass is 523 g/mol. The van der Waals surface area contributed by atoms with Crippen molar-refractivity contribution >= 4 is 21.9 Å². The highest BCUT2D eigenvalue weighted by Gasteiger charge is 2.31. The Morgan fingerprint density at radius 2 is 1.56 bits per heavy atom. The molecule has 4 nitrogen and oxygen atoms in total. The zero-order valence-electron chi connectivity index (χ0n) is 20.6. The first-order valence-electron chi connectivity index (χ1n) is 11.6. The van der Waals surface area contributed by atoms with Crippen LogP contribution in [0.2, 0.25) is 0 Å². The third-order valence-corrected chi connectivity index (χ3v) is 6.47. The average Bonchev–Trinajstić information content (AvgIpc) is 2.81. The van der Waals surface area contributed by atoms with Crippen LogP contribution in [0.4, 0.5) is 0 Å². The molecule has 5 heteroatoms. The van der Waals surface area contributed by atoms with Crippen molar-refractivity contribution in [1.82, 2.24) is 4.90 Å². The fraction of sp³-hybridized carbons (Fsp3) is 0.345. The third-order valence-electron chi connectivity index (χ3n) is 5.75. The van der Waals surface area contributed by atoms with Gasteiger partial charge in [0.15, 0.2) is 0 Å². The molecular formula is C29H34BrNO3. The van der Waals surface area contributed by atoms with Crippen LogP contribution in [0.5, 0.6) is 5.75 Å². The second kappa shape index (κ2) is 11.7. The van der Waals surface area contributed by atoms with Gasteiger partial charge in [0.1, 0.15) is 11.4 Å². The van der Waals surface area contributed by atoms with E-state index in [0.29, 0.717) is 6.54 Å². The Labute approximate surface area is 212 Å². The van der Waals surface area contributed by atoms with Crippen molar-refractivity contribution in [3.8, 4) is 5.75 Å². The molecule has 0 saturated heterocycles. The van der Waals surface area contributed by atoms with Gasteiger partial charge in [-0.15, -0.1) is 0 Å². The number of esters is 1. The summed E-state index contributed by atoms with van der Waals surface area (Å²) in [5, 5.41) is 0. The number of carbonyl (C=O) groups is 1. The lowest BCUT2D eigenvalue weighted by molar-refractivity contribution is -0.156. The molecule has 3 rings (SSSR count). The molecule has 0 aliphatic carbocycles. The summed E-state index contributed by atoms with van der Waals surface area (Å²) in [6.45, 7) is 8.58. The maximum atomic E-state index is 13.1. The predicted octanol–water partition coefficient (Wildman–Crippen LogP) is 7.49. The summed E-state index contributed by atoms with van der Waals surface area (Å²) in [6, 6.07) is 26.5. The second-order valence-corrected chi connectivity index (χ2v) is 10.3. The molecule has 0 fully saturated rings. The van der Waals surface area contributed by atoms with Gasteiger partial charge in [0, 0.05) is 23.1 Å². The number of hydrogen-bond donors (Lipinski definition) is 0. The summed E-state index contributed by atoms with van der Waals surface area (Å²) in [6.07, 6.45) is 0.243. The topological polar surface area (TPSA) is 38.8 Å². The molecule has 0 bridgehead atoms. The van der Waals surface area contributed by atoms with Crippen molar-refractivity contribution in [3.63, 3.8) is 0 Å². The van der Waals surface area contributed by atoms with Crippen molar-refractivity contribution in [1.29, 1.82) is 0 Å². The molecule has 3 aromatic rings. The lowest BCUT2D eigenvalue weighted by Gasteiger charge is -2.38. The number of nitrogens with zero attached hydrogens (tertiary/aromatic N) is 1. The van der Waals surface area contributed by atoms with Crippen LogP contribution >= 0.6 is 15.9 Å². The van der Waals surface area contributed by atoms with Gasteiger partial charge in [0.2, 0.25) is 0 Å². The van der Waals surface area contributed by atoms with E-state index in [0.717, 1.165) is 21.3 Å². The van der Waals surface area contributed by atoms with E-state index in [1.807, 2.05) is 69.3 Å². The largest absolute Gasteiger partial charge is 0.497 e. The summed E-state index contributed by atoms with van der Waals surface area (Å²) in [7, 11) is 1.67. The van der Waals surface area contributed by atoms with E-state index in [4.69, 9.17) is 9.47 Å². The number of halogens is 1. The molecule has 0 heterocycles. The second-order valence-electron chi connectivity index (χ2n) is 9.43. The van der Waals surface area contributed by atoms with Crippen LogP contribution in [-0.2, 0) is 16.1 Å². The molecule has 2 atom stereocenters. The number of carbonyl (C=O) groups excluding carboxylic acids is 1. The van der Waals surface area contributed by atoms with Crippen LogP contribution in [0, 0.1) is 0 Å². The molecular weight excluding hydrogens is 490 g/mol. The molecule has 0 amide bonds. The maximum absolute atomic E-state index is 13.1. The van der Waals surface area contributed by atoms with Gasteiger partial charge in [-0.2, -0.15) is 0 Å². The van der Waals surface area contributed by atoms with Gasteiger partial charge in [0.05, 0.1) is 13.5 Å². The Morgan fingerprint density at radius 1 is 0.941 bits per heavy atom. The fourth-order valence-electron chi connectivity index (χ4n) is 4.08. The normalized spacial score (nSPS) is 13.4. The van der Waals surface area contributed by atoms with Crippen molar-refractivity contribution in [3.05, 3.63) is 100 Å². The predicted molar refractivity (Wildman–Crippen MR) is 141 cm³/mol. The Morgan fingerprint density at radius 3 is 2.15 bits per heavy atom. The third kappa shape index (κ3) is 7.18. The van der Waals surface area contributed by atoms with E-state index >= 15 is 0 Å². The number of benzene rings is 3. The van der Waals surface area contributed by atoms with Crippen LogP contribution in [-0.4, -0.2) is 23.6 Å². The molecule has 0 unspecified atom stereocenters. The Bertz CT molecular complexity index is 1060. The van der Waals surface area contributed by atoms with E-state index in [2.05, 4.69) is 58.1 Å². The van der Waals surface area contributed by atoms with Crippen LogP contribution in [0.3, 0.4) is 0 Å². The zero-order valence-corrected chi connectivity index (χ0v) is 22.2. The van der Waals surface area contributed by atoms with Gasteiger partial charge in [-0.05, 0) is 62.6 Å². The standard InChI is InChI=1S/C29H34BrNO3/c1-21(23-15-17-24(33-5)18-16-23)31(20-22-11-7-6-8-12-22)27(19-28(32)34-29(2,3)4)25-13-9-10-14-26(25)30/h6-18,21,27H,19-20H2,1-5H3/t21-,27+/m1/s1. The fourth-order valence-corrected chi connectivity index (χ4v) is 4.63. The molecule has 0 radical (unpaired) electrons. The molecule has 0 spiro atoms. The van der Waals surface area contributed by atoms with E-state index in [1.54, 1.807) is 7.11 Å². The molecule has 3 aromatic carbocycles. The first-order chi connectivity index (χ1) is 16.2. The number of hydrogen-bond acceptors (Lipinski definition) is 4. The Balaban J connectivity index is 2.05. The minimum atomic E-state index is -0.540. The van der Waals surface area contributed by atoms with E-state index in [-0.39, 0.29) is 24.5 Å².